The highest BCUT2D eigenvalue weighted by molar-refractivity contribution is 7.91. The molecule has 9 nitrogen and oxygen atoms in total. The average molecular weight is 583 g/mol. The predicted octanol–water partition coefficient (Wildman–Crippen LogP) is 4.71. The van der Waals surface area contributed by atoms with Gasteiger partial charge in [0, 0.05) is 29.8 Å². The molecule has 14 heteroatoms. The van der Waals surface area contributed by atoms with Crippen molar-refractivity contribution in [3.63, 3.8) is 0 Å². The second-order valence-corrected chi connectivity index (χ2v) is 11.9. The largest absolute Gasteiger partial charge is 0.493 e. The van der Waals surface area contributed by atoms with Gasteiger partial charge in [-0.15, -0.1) is 0 Å². The highest BCUT2D eigenvalue weighted by Crippen LogP contribution is 2.34. The Morgan fingerprint density at radius 3 is 2.50 bits per heavy atom. The first-order chi connectivity index (χ1) is 18.9. The molecule has 2 saturated carbocycles. The maximum Gasteiger partial charge on any atom is 0.389 e. The van der Waals surface area contributed by atoms with Gasteiger partial charge in [-0.05, 0) is 62.8 Å². The highest BCUT2D eigenvalue weighted by atomic mass is 32.2. The highest BCUT2D eigenvalue weighted by Gasteiger charge is 2.38. The van der Waals surface area contributed by atoms with Gasteiger partial charge in [0.25, 0.3) is 11.5 Å². The van der Waals surface area contributed by atoms with Crippen LogP contribution in [0, 0.1) is 5.82 Å². The van der Waals surface area contributed by atoms with Crippen molar-refractivity contribution in [2.24, 2.45) is 0 Å². The number of carbonyl (C=O) groups excluding carboxylic acids is 1. The lowest BCUT2D eigenvalue weighted by atomic mass is 9.93. The van der Waals surface area contributed by atoms with E-state index in [4.69, 9.17) is 4.74 Å². The summed E-state index contributed by atoms with van der Waals surface area (Å²) in [5.74, 6) is -1.94. The molecule has 0 unspecified atom stereocenters. The number of H-pyrrole nitrogens is 1. The number of benzene rings is 1. The molecule has 0 radical (unpaired) electrons. The molecule has 2 aromatic heterocycles. The van der Waals surface area contributed by atoms with Gasteiger partial charge in [0.2, 0.25) is 10.0 Å². The van der Waals surface area contributed by atoms with Crippen LogP contribution in [0.4, 0.5) is 17.6 Å². The fourth-order valence-electron chi connectivity index (χ4n) is 4.38. The number of nitrogens with one attached hydrogen (secondary N) is 2. The van der Waals surface area contributed by atoms with E-state index in [-0.39, 0.29) is 47.3 Å². The first-order valence-corrected chi connectivity index (χ1v) is 14.3. The Hall–Kier alpha value is -3.68. The third kappa shape index (κ3) is 6.21. The Bertz CT molecular complexity index is 1590. The lowest BCUT2D eigenvalue weighted by Crippen LogP contribution is -2.37. The van der Waals surface area contributed by atoms with E-state index in [0.29, 0.717) is 12.8 Å². The zero-order valence-corrected chi connectivity index (χ0v) is 21.9. The van der Waals surface area contributed by atoms with Gasteiger partial charge in [-0.2, -0.15) is 18.3 Å². The maximum absolute atomic E-state index is 15.1. The molecule has 214 valence electrons. The van der Waals surface area contributed by atoms with E-state index >= 15 is 4.39 Å². The number of ether oxygens (including phenoxy) is 1. The van der Waals surface area contributed by atoms with Gasteiger partial charge in [0.15, 0.2) is 0 Å². The van der Waals surface area contributed by atoms with Crippen LogP contribution in [0.25, 0.3) is 22.5 Å². The number of amides is 1. The van der Waals surface area contributed by atoms with Crippen LogP contribution in [0.15, 0.2) is 41.3 Å². The number of pyridine rings is 1. The lowest BCUT2D eigenvalue weighted by Gasteiger charge is -2.25. The second-order valence-electron chi connectivity index (χ2n) is 9.95. The van der Waals surface area contributed by atoms with E-state index in [1.807, 2.05) is 4.72 Å². The monoisotopic (exact) mass is 582 g/mol. The third-order valence-corrected chi connectivity index (χ3v) is 8.71. The van der Waals surface area contributed by atoms with E-state index in [2.05, 4.69) is 10.1 Å². The van der Waals surface area contributed by atoms with Crippen molar-refractivity contribution in [3.05, 3.63) is 58.3 Å². The average Bonchev–Trinajstić information content (AvgIpc) is 3.59. The molecule has 1 amide bonds. The number of halogens is 4. The standard InChI is InChI=1S/C26H26F4N4O5S/c27-20-13-16(39-12-2-10-26(28,29)30)5-8-18(20)22-14-19(21-9-11-34(32-21)15-3-1-4-15)23(24(35)31-22)25(36)33-40(37,38)17-6-7-17/h5,8-9,11,13-15,17H,1-4,6-7,10,12H2,(H,31,35)(H,33,36). The Balaban J connectivity index is 1.47. The van der Waals surface area contributed by atoms with Gasteiger partial charge in [0.1, 0.15) is 17.1 Å². The second kappa shape index (κ2) is 10.7. The number of hydrogen-bond acceptors (Lipinski definition) is 6. The number of carbonyl (C=O) groups is 1. The fourth-order valence-corrected chi connectivity index (χ4v) is 5.66. The van der Waals surface area contributed by atoms with E-state index in [1.165, 1.54) is 18.2 Å². The number of sulfonamides is 1. The van der Waals surface area contributed by atoms with Crippen LogP contribution in [0.2, 0.25) is 0 Å². The zero-order chi connectivity index (χ0) is 28.7. The minimum Gasteiger partial charge on any atom is -0.493 e. The van der Waals surface area contributed by atoms with E-state index < -0.39 is 50.7 Å². The van der Waals surface area contributed by atoms with Gasteiger partial charge in [0.05, 0.1) is 29.3 Å². The normalized spacial score (nSPS) is 16.0. The van der Waals surface area contributed by atoms with E-state index in [1.54, 1.807) is 16.9 Å². The molecule has 40 heavy (non-hydrogen) atoms. The fraction of sp³-hybridized carbons (Fsp3) is 0.423. The molecule has 0 spiro atoms. The Kier molecular flexibility index (Phi) is 7.46. The van der Waals surface area contributed by atoms with Crippen LogP contribution >= 0.6 is 0 Å². The first kappa shape index (κ1) is 27.9. The Morgan fingerprint density at radius 1 is 1.12 bits per heavy atom. The zero-order valence-electron chi connectivity index (χ0n) is 21.1. The molecule has 2 fully saturated rings. The number of aromatic nitrogens is 3. The van der Waals surface area contributed by atoms with Gasteiger partial charge in [-0.1, -0.05) is 0 Å². The van der Waals surface area contributed by atoms with Crippen molar-refractivity contribution in [1.82, 2.24) is 19.5 Å². The topological polar surface area (TPSA) is 123 Å². The molecule has 2 heterocycles. The van der Waals surface area contributed by atoms with Crippen LogP contribution in [0.1, 0.15) is 61.3 Å². The molecule has 3 aromatic rings. The summed E-state index contributed by atoms with van der Waals surface area (Å²) in [5.41, 5.74) is -1.25. The number of hydrogen-bond donors (Lipinski definition) is 2. The summed E-state index contributed by atoms with van der Waals surface area (Å²) in [7, 11) is -3.96. The summed E-state index contributed by atoms with van der Waals surface area (Å²) in [6.45, 7) is -0.267. The van der Waals surface area contributed by atoms with Crippen LogP contribution < -0.4 is 15.0 Å². The SMILES string of the molecule is O=C(NS(=O)(=O)C1CC1)c1c(-c2ccn(C3CCC3)n2)cc(-c2ccc(OCCCC(F)(F)F)cc2F)[nH]c1=O. The van der Waals surface area contributed by atoms with Gasteiger partial charge >= 0.3 is 6.18 Å². The first-order valence-electron chi connectivity index (χ1n) is 12.8. The number of nitrogens with zero attached hydrogens (tertiary/aromatic N) is 2. The van der Waals surface area contributed by atoms with Crippen molar-refractivity contribution in [2.75, 3.05) is 6.61 Å². The summed E-state index contributed by atoms with van der Waals surface area (Å²) < 4.78 is 85.8. The van der Waals surface area contributed by atoms with Crippen molar-refractivity contribution in [3.8, 4) is 28.3 Å². The molecule has 0 atom stereocenters. The summed E-state index contributed by atoms with van der Waals surface area (Å²) in [5, 5.41) is 3.81. The van der Waals surface area contributed by atoms with Crippen molar-refractivity contribution < 1.29 is 35.5 Å². The van der Waals surface area contributed by atoms with Crippen LogP contribution in [-0.4, -0.2) is 47.1 Å². The van der Waals surface area contributed by atoms with E-state index in [9.17, 15) is 31.2 Å². The molecule has 1 aromatic carbocycles. The summed E-state index contributed by atoms with van der Waals surface area (Å²) in [4.78, 5) is 28.7. The summed E-state index contributed by atoms with van der Waals surface area (Å²) >= 11 is 0. The van der Waals surface area contributed by atoms with Crippen LogP contribution in [-0.2, 0) is 10.0 Å². The minimum atomic E-state index is -4.32. The predicted molar refractivity (Wildman–Crippen MR) is 137 cm³/mol. The Labute approximate surface area is 226 Å². The molecular weight excluding hydrogens is 556 g/mol. The Morgan fingerprint density at radius 2 is 1.88 bits per heavy atom. The molecule has 0 bridgehead atoms. The van der Waals surface area contributed by atoms with Crippen LogP contribution in [0.5, 0.6) is 5.75 Å². The van der Waals surface area contributed by atoms with Crippen molar-refractivity contribution in [1.29, 1.82) is 0 Å². The minimum absolute atomic E-state index is 0.00603. The lowest BCUT2D eigenvalue weighted by molar-refractivity contribution is -0.136. The maximum atomic E-state index is 15.1. The van der Waals surface area contributed by atoms with E-state index in [0.717, 1.165) is 25.3 Å². The smallest absolute Gasteiger partial charge is 0.389 e. The molecule has 2 aliphatic carbocycles. The molecule has 2 N–H and O–H groups in total. The molecular formula is C26H26F4N4O5S. The number of alkyl halides is 3. The van der Waals surface area contributed by atoms with Crippen molar-refractivity contribution in [2.45, 2.75) is 62.4 Å². The number of rotatable bonds is 10. The van der Waals surface area contributed by atoms with Gasteiger partial charge in [-0.25, -0.2) is 17.5 Å². The third-order valence-electron chi connectivity index (χ3n) is 6.90. The van der Waals surface area contributed by atoms with Crippen LogP contribution in [0.3, 0.4) is 0 Å². The van der Waals surface area contributed by atoms with Crippen molar-refractivity contribution >= 4 is 15.9 Å². The molecule has 0 saturated heterocycles. The molecule has 2 aliphatic rings. The quantitative estimate of drug-likeness (QED) is 0.264. The molecule has 5 rings (SSSR count). The number of aromatic amines is 1. The summed E-state index contributed by atoms with van der Waals surface area (Å²) in [6, 6.07) is 6.72. The van der Waals surface area contributed by atoms with Gasteiger partial charge in [-0.3, -0.25) is 14.3 Å². The molecule has 0 aliphatic heterocycles. The summed E-state index contributed by atoms with van der Waals surface area (Å²) in [6.07, 6.45) is -0.226. The van der Waals surface area contributed by atoms with Gasteiger partial charge < -0.3 is 9.72 Å².